The van der Waals surface area contributed by atoms with E-state index in [4.69, 9.17) is 0 Å². The minimum absolute atomic E-state index is 0. The smallest absolute Gasteiger partial charge is 0.213 e. The van der Waals surface area contributed by atoms with Crippen molar-refractivity contribution in [3.8, 4) is 0 Å². The number of hydrogen-bond donors (Lipinski definition) is 1. The predicted molar refractivity (Wildman–Crippen MR) is 37.2 cm³/mol. The third-order valence-electron chi connectivity index (χ3n) is 1.52. The Bertz CT molecular complexity index is 185. The minimum atomic E-state index is 0. The molecule has 0 spiro atoms. The van der Waals surface area contributed by atoms with Crippen molar-refractivity contribution in [2.75, 3.05) is 13.1 Å². The molecule has 2 heterocycles. The van der Waals surface area contributed by atoms with Crippen molar-refractivity contribution >= 4 is 12.4 Å². The second-order valence-electron chi connectivity index (χ2n) is 2.14. The molecule has 1 aromatic heterocycles. The zero-order chi connectivity index (χ0) is 6.10. The lowest BCUT2D eigenvalue weighted by molar-refractivity contribution is 0.376. The predicted octanol–water partition coefficient (Wildman–Crippen LogP) is 0.178. The third kappa shape index (κ3) is 1.12. The Kier molecular flexibility index (Phi) is 2.24. The van der Waals surface area contributed by atoms with Gasteiger partial charge in [-0.25, -0.2) is 0 Å². The number of halogens is 1. The summed E-state index contributed by atoms with van der Waals surface area (Å²) < 4.78 is 4.58. The van der Waals surface area contributed by atoms with E-state index in [0.29, 0.717) is 5.92 Å². The molecule has 0 amide bonds. The summed E-state index contributed by atoms with van der Waals surface area (Å²) in [5.41, 5.74) is 0. The molecule has 0 saturated carbocycles. The Balaban J connectivity index is 0.000000500. The fourth-order valence-electron chi connectivity index (χ4n) is 0.830. The number of nitrogens with zero attached hydrogens (tertiary/aromatic N) is 2. The highest BCUT2D eigenvalue weighted by Crippen LogP contribution is 2.13. The monoisotopic (exact) mass is 161 g/mol. The van der Waals surface area contributed by atoms with Gasteiger partial charge in [0.15, 0.2) is 5.82 Å². The molecule has 1 aromatic rings. The van der Waals surface area contributed by atoms with Gasteiger partial charge in [0.25, 0.3) is 0 Å². The molecule has 1 aliphatic rings. The lowest BCUT2D eigenvalue weighted by Gasteiger charge is -2.23. The van der Waals surface area contributed by atoms with E-state index in [1.54, 1.807) is 0 Å². The molecule has 0 aliphatic carbocycles. The number of aromatic nitrogens is 2. The average Bonchev–Trinajstić information content (AvgIpc) is 2.11. The van der Waals surface area contributed by atoms with E-state index in [2.05, 4.69) is 20.0 Å². The van der Waals surface area contributed by atoms with Crippen LogP contribution in [0.5, 0.6) is 0 Å². The Labute approximate surface area is 64.4 Å². The van der Waals surface area contributed by atoms with Gasteiger partial charge in [-0.2, -0.15) is 4.98 Å². The highest BCUT2D eigenvalue weighted by atomic mass is 35.5. The van der Waals surface area contributed by atoms with Crippen LogP contribution in [-0.4, -0.2) is 23.2 Å². The molecule has 1 fully saturated rings. The molecular weight excluding hydrogens is 154 g/mol. The molecule has 4 nitrogen and oxygen atoms in total. The van der Waals surface area contributed by atoms with Gasteiger partial charge >= 0.3 is 0 Å². The first-order chi connectivity index (χ1) is 4.47. The van der Waals surface area contributed by atoms with Crippen molar-refractivity contribution in [3.05, 3.63) is 12.2 Å². The van der Waals surface area contributed by atoms with Gasteiger partial charge in [-0.05, 0) is 0 Å². The van der Waals surface area contributed by atoms with Crippen molar-refractivity contribution in [2.24, 2.45) is 0 Å². The van der Waals surface area contributed by atoms with Gasteiger partial charge in [-0.15, -0.1) is 12.4 Å². The van der Waals surface area contributed by atoms with Crippen LogP contribution in [0.2, 0.25) is 0 Å². The van der Waals surface area contributed by atoms with Gasteiger partial charge in [0, 0.05) is 19.0 Å². The average molecular weight is 162 g/mol. The summed E-state index contributed by atoms with van der Waals surface area (Å²) in [7, 11) is 0. The Morgan fingerprint density at radius 1 is 1.60 bits per heavy atom. The Morgan fingerprint density at radius 3 is 2.80 bits per heavy atom. The summed E-state index contributed by atoms with van der Waals surface area (Å²) in [5, 5.41) is 6.84. The molecule has 0 aromatic carbocycles. The van der Waals surface area contributed by atoms with Crippen LogP contribution < -0.4 is 5.32 Å². The second-order valence-corrected chi connectivity index (χ2v) is 2.14. The normalized spacial score (nSPS) is 17.6. The molecule has 56 valence electrons. The summed E-state index contributed by atoms with van der Waals surface area (Å²) >= 11 is 0. The van der Waals surface area contributed by atoms with Crippen LogP contribution in [0.15, 0.2) is 10.9 Å². The molecule has 2 rings (SSSR count). The first-order valence-electron chi connectivity index (χ1n) is 2.94. The zero-order valence-electron chi connectivity index (χ0n) is 5.28. The van der Waals surface area contributed by atoms with E-state index in [0.717, 1.165) is 18.9 Å². The molecular formula is C5H8ClN3O. The molecule has 0 atom stereocenters. The van der Waals surface area contributed by atoms with Crippen LogP contribution in [-0.2, 0) is 0 Å². The van der Waals surface area contributed by atoms with Gasteiger partial charge in [0.1, 0.15) is 0 Å². The maximum Gasteiger partial charge on any atom is 0.213 e. The molecule has 0 unspecified atom stereocenters. The van der Waals surface area contributed by atoms with E-state index in [1.165, 1.54) is 6.39 Å². The van der Waals surface area contributed by atoms with Crippen molar-refractivity contribution in [1.82, 2.24) is 15.5 Å². The van der Waals surface area contributed by atoms with E-state index in [-0.39, 0.29) is 12.4 Å². The summed E-state index contributed by atoms with van der Waals surface area (Å²) in [5.74, 6) is 1.32. The molecule has 1 saturated heterocycles. The third-order valence-corrected chi connectivity index (χ3v) is 1.52. The van der Waals surface area contributed by atoms with Crippen LogP contribution in [0, 0.1) is 0 Å². The standard InChI is InChI=1S/C5H7N3O.ClH/c1-4(2-6-1)5-7-3-9-8-5;/h3-4,6H,1-2H2;1H. The molecule has 0 radical (unpaired) electrons. The number of hydrogen-bond acceptors (Lipinski definition) is 4. The molecule has 5 heteroatoms. The quantitative estimate of drug-likeness (QED) is 0.639. The first kappa shape index (κ1) is 7.50. The van der Waals surface area contributed by atoms with Gasteiger partial charge in [0.2, 0.25) is 6.39 Å². The summed E-state index contributed by atoms with van der Waals surface area (Å²) in [6.45, 7) is 1.97. The van der Waals surface area contributed by atoms with Crippen molar-refractivity contribution in [2.45, 2.75) is 5.92 Å². The Morgan fingerprint density at radius 2 is 2.40 bits per heavy atom. The summed E-state index contributed by atoms with van der Waals surface area (Å²) in [6, 6.07) is 0. The van der Waals surface area contributed by atoms with Crippen LogP contribution in [0.1, 0.15) is 11.7 Å². The van der Waals surface area contributed by atoms with Crippen molar-refractivity contribution in [1.29, 1.82) is 0 Å². The minimum Gasteiger partial charge on any atom is -0.343 e. The van der Waals surface area contributed by atoms with E-state index in [1.807, 2.05) is 0 Å². The lowest BCUT2D eigenvalue weighted by Crippen LogP contribution is -2.40. The highest BCUT2D eigenvalue weighted by molar-refractivity contribution is 5.85. The summed E-state index contributed by atoms with van der Waals surface area (Å²) in [6.07, 6.45) is 1.37. The summed E-state index contributed by atoms with van der Waals surface area (Å²) in [4.78, 5) is 3.92. The second kappa shape index (κ2) is 2.98. The van der Waals surface area contributed by atoms with Crippen LogP contribution in [0.25, 0.3) is 0 Å². The fraction of sp³-hybridized carbons (Fsp3) is 0.600. The number of nitrogens with one attached hydrogen (secondary N) is 1. The maximum atomic E-state index is 4.58. The SMILES string of the molecule is Cl.c1nc(C2CNC2)no1. The maximum absolute atomic E-state index is 4.58. The number of rotatable bonds is 1. The first-order valence-corrected chi connectivity index (χ1v) is 2.94. The van der Waals surface area contributed by atoms with Gasteiger partial charge in [0.05, 0.1) is 0 Å². The lowest BCUT2D eigenvalue weighted by atomic mass is 10.0. The fourth-order valence-corrected chi connectivity index (χ4v) is 0.830. The largest absolute Gasteiger partial charge is 0.343 e. The van der Waals surface area contributed by atoms with E-state index >= 15 is 0 Å². The highest BCUT2D eigenvalue weighted by Gasteiger charge is 2.22. The Hall–Kier alpha value is -0.610. The molecule has 1 N–H and O–H groups in total. The van der Waals surface area contributed by atoms with Gasteiger partial charge in [-0.3, -0.25) is 0 Å². The topological polar surface area (TPSA) is 51.0 Å². The van der Waals surface area contributed by atoms with Crippen LogP contribution in [0.4, 0.5) is 0 Å². The van der Waals surface area contributed by atoms with Gasteiger partial charge < -0.3 is 9.84 Å². The van der Waals surface area contributed by atoms with E-state index in [9.17, 15) is 0 Å². The van der Waals surface area contributed by atoms with E-state index < -0.39 is 0 Å². The van der Waals surface area contributed by atoms with Crippen LogP contribution in [0.3, 0.4) is 0 Å². The van der Waals surface area contributed by atoms with Crippen molar-refractivity contribution in [3.63, 3.8) is 0 Å². The molecule has 1 aliphatic heterocycles. The molecule has 10 heavy (non-hydrogen) atoms. The molecule has 0 bridgehead atoms. The van der Waals surface area contributed by atoms with Gasteiger partial charge in [-0.1, -0.05) is 5.16 Å². The zero-order valence-corrected chi connectivity index (χ0v) is 6.10. The van der Waals surface area contributed by atoms with Crippen LogP contribution >= 0.6 is 12.4 Å². The van der Waals surface area contributed by atoms with Crippen molar-refractivity contribution < 1.29 is 4.52 Å².